The summed E-state index contributed by atoms with van der Waals surface area (Å²) in [5.41, 5.74) is 2.67. The van der Waals surface area contributed by atoms with Crippen molar-refractivity contribution in [1.29, 1.82) is 5.26 Å². The lowest BCUT2D eigenvalue weighted by Gasteiger charge is -2.23. The van der Waals surface area contributed by atoms with Gasteiger partial charge in [0.2, 0.25) is 0 Å². The standard InChI is InChI=1S/C19H19N5O/c1-22-12-14(11-21-22)17-7-4-9-24(17)19(25)16-13-23(10-8-20)18-6-3-2-5-15(16)18/h2-3,5-6,11-13,17H,4,7,9-10H2,1H3. The van der Waals surface area contributed by atoms with Gasteiger partial charge in [0.25, 0.3) is 5.91 Å². The highest BCUT2D eigenvalue weighted by Gasteiger charge is 2.32. The van der Waals surface area contributed by atoms with Gasteiger partial charge in [0, 0.05) is 42.5 Å². The molecule has 0 saturated carbocycles. The number of fused-ring (bicyclic) bond motifs is 1. The molecule has 1 aliphatic heterocycles. The zero-order chi connectivity index (χ0) is 17.4. The summed E-state index contributed by atoms with van der Waals surface area (Å²) in [5, 5.41) is 14.2. The Kier molecular flexibility index (Phi) is 3.77. The predicted molar refractivity (Wildman–Crippen MR) is 93.8 cm³/mol. The number of para-hydroxylation sites is 1. The van der Waals surface area contributed by atoms with Gasteiger partial charge >= 0.3 is 0 Å². The normalized spacial score (nSPS) is 17.1. The third-order valence-corrected chi connectivity index (χ3v) is 4.88. The lowest BCUT2D eigenvalue weighted by Crippen LogP contribution is -2.30. The molecule has 1 aromatic carbocycles. The lowest BCUT2D eigenvalue weighted by atomic mass is 10.1. The van der Waals surface area contributed by atoms with E-state index in [4.69, 9.17) is 5.26 Å². The van der Waals surface area contributed by atoms with Crippen molar-refractivity contribution in [2.45, 2.75) is 25.4 Å². The van der Waals surface area contributed by atoms with E-state index in [1.54, 1.807) is 4.68 Å². The van der Waals surface area contributed by atoms with Crippen LogP contribution in [0.2, 0.25) is 0 Å². The first-order chi connectivity index (χ1) is 12.2. The summed E-state index contributed by atoms with van der Waals surface area (Å²) in [4.78, 5) is 15.2. The van der Waals surface area contributed by atoms with E-state index < -0.39 is 0 Å². The average molecular weight is 333 g/mol. The Morgan fingerprint density at radius 1 is 1.36 bits per heavy atom. The third-order valence-electron chi connectivity index (χ3n) is 4.88. The number of carbonyl (C=O) groups excluding carboxylic acids is 1. The predicted octanol–water partition coefficient (Wildman–Crippen LogP) is 2.88. The maximum atomic E-state index is 13.3. The minimum absolute atomic E-state index is 0.0271. The second kappa shape index (κ2) is 6.10. The Balaban J connectivity index is 1.73. The van der Waals surface area contributed by atoms with E-state index in [1.807, 2.05) is 59.4 Å². The van der Waals surface area contributed by atoms with Crippen molar-refractivity contribution in [3.8, 4) is 6.07 Å². The fourth-order valence-corrected chi connectivity index (χ4v) is 3.75. The van der Waals surface area contributed by atoms with Crippen molar-refractivity contribution in [3.63, 3.8) is 0 Å². The van der Waals surface area contributed by atoms with Crippen LogP contribution in [0.15, 0.2) is 42.9 Å². The molecule has 1 atom stereocenters. The number of aromatic nitrogens is 3. The van der Waals surface area contributed by atoms with Crippen molar-refractivity contribution >= 4 is 16.8 Å². The molecule has 0 radical (unpaired) electrons. The van der Waals surface area contributed by atoms with Crippen LogP contribution in [-0.2, 0) is 13.6 Å². The highest BCUT2D eigenvalue weighted by molar-refractivity contribution is 6.07. The number of aryl methyl sites for hydroxylation is 1. The largest absolute Gasteiger partial charge is 0.333 e. The van der Waals surface area contributed by atoms with Crippen LogP contribution in [0.5, 0.6) is 0 Å². The third kappa shape index (κ3) is 2.58. The Bertz CT molecular complexity index is 977. The summed E-state index contributed by atoms with van der Waals surface area (Å²) < 4.78 is 3.62. The van der Waals surface area contributed by atoms with Gasteiger partial charge in [-0.05, 0) is 18.9 Å². The molecular formula is C19H19N5O. The molecule has 3 aromatic rings. The molecule has 1 amide bonds. The topological polar surface area (TPSA) is 66.8 Å². The highest BCUT2D eigenvalue weighted by atomic mass is 16.2. The second-order valence-electron chi connectivity index (χ2n) is 6.45. The molecule has 1 saturated heterocycles. The molecule has 1 fully saturated rings. The van der Waals surface area contributed by atoms with Crippen molar-refractivity contribution in [3.05, 3.63) is 54.0 Å². The molecule has 3 heterocycles. The molecule has 4 rings (SSSR count). The smallest absolute Gasteiger partial charge is 0.256 e. The number of benzene rings is 1. The van der Waals surface area contributed by atoms with E-state index in [9.17, 15) is 4.79 Å². The zero-order valence-electron chi connectivity index (χ0n) is 14.1. The minimum Gasteiger partial charge on any atom is -0.333 e. The van der Waals surface area contributed by atoms with Crippen LogP contribution in [0.4, 0.5) is 0 Å². The molecule has 2 aromatic heterocycles. The van der Waals surface area contributed by atoms with Gasteiger partial charge in [-0.3, -0.25) is 9.48 Å². The van der Waals surface area contributed by atoms with Crippen LogP contribution in [0.25, 0.3) is 10.9 Å². The molecule has 0 aliphatic carbocycles. The number of nitrogens with zero attached hydrogens (tertiary/aromatic N) is 5. The monoisotopic (exact) mass is 333 g/mol. The minimum atomic E-state index is 0.0271. The van der Waals surface area contributed by atoms with Crippen LogP contribution < -0.4 is 0 Å². The molecular weight excluding hydrogens is 314 g/mol. The van der Waals surface area contributed by atoms with Gasteiger partial charge in [0.15, 0.2) is 0 Å². The molecule has 0 N–H and O–H groups in total. The Labute approximate surface area is 145 Å². The van der Waals surface area contributed by atoms with Crippen LogP contribution in [0.1, 0.15) is 34.8 Å². The van der Waals surface area contributed by atoms with Crippen LogP contribution in [0.3, 0.4) is 0 Å². The van der Waals surface area contributed by atoms with Gasteiger partial charge in [0.05, 0.1) is 23.9 Å². The number of likely N-dealkylation sites (tertiary alicyclic amines) is 1. The van der Waals surface area contributed by atoms with Crippen molar-refractivity contribution in [1.82, 2.24) is 19.2 Å². The van der Waals surface area contributed by atoms with Crippen molar-refractivity contribution in [2.24, 2.45) is 7.05 Å². The van der Waals surface area contributed by atoms with Crippen LogP contribution >= 0.6 is 0 Å². The number of rotatable bonds is 3. The molecule has 25 heavy (non-hydrogen) atoms. The first kappa shape index (κ1) is 15.5. The number of hydrogen-bond donors (Lipinski definition) is 0. The highest BCUT2D eigenvalue weighted by Crippen LogP contribution is 2.34. The first-order valence-electron chi connectivity index (χ1n) is 8.43. The summed E-state index contributed by atoms with van der Waals surface area (Å²) in [7, 11) is 1.89. The van der Waals surface area contributed by atoms with Crippen molar-refractivity contribution in [2.75, 3.05) is 6.54 Å². The molecule has 6 nitrogen and oxygen atoms in total. The van der Waals surface area contributed by atoms with Gasteiger partial charge in [-0.2, -0.15) is 10.4 Å². The average Bonchev–Trinajstić information content (AvgIpc) is 3.33. The number of amides is 1. The van der Waals surface area contributed by atoms with Crippen LogP contribution in [0, 0.1) is 11.3 Å². The van der Waals surface area contributed by atoms with E-state index in [1.165, 1.54) is 0 Å². The van der Waals surface area contributed by atoms with Gasteiger partial charge in [0.1, 0.15) is 6.54 Å². The Morgan fingerprint density at radius 3 is 2.96 bits per heavy atom. The summed E-state index contributed by atoms with van der Waals surface area (Å²) in [6.07, 6.45) is 7.58. The van der Waals surface area contributed by atoms with E-state index >= 15 is 0 Å². The Morgan fingerprint density at radius 2 is 2.20 bits per heavy atom. The quantitative estimate of drug-likeness (QED) is 0.740. The van der Waals surface area contributed by atoms with Gasteiger partial charge in [-0.1, -0.05) is 18.2 Å². The van der Waals surface area contributed by atoms with E-state index in [-0.39, 0.29) is 18.5 Å². The molecule has 1 unspecified atom stereocenters. The van der Waals surface area contributed by atoms with Gasteiger partial charge in [-0.15, -0.1) is 0 Å². The number of nitriles is 1. The Hall–Kier alpha value is -3.07. The first-order valence-corrected chi connectivity index (χ1v) is 8.43. The molecule has 1 aliphatic rings. The molecule has 0 spiro atoms. The van der Waals surface area contributed by atoms with E-state index in [2.05, 4.69) is 11.2 Å². The summed E-state index contributed by atoms with van der Waals surface area (Å²) >= 11 is 0. The molecule has 0 bridgehead atoms. The van der Waals surface area contributed by atoms with E-state index in [0.717, 1.165) is 35.9 Å². The summed E-state index contributed by atoms with van der Waals surface area (Å²) in [6.45, 7) is 0.982. The summed E-state index contributed by atoms with van der Waals surface area (Å²) in [5.74, 6) is 0.0271. The molecule has 126 valence electrons. The molecule has 6 heteroatoms. The SMILES string of the molecule is Cn1cc(C2CCCN2C(=O)c2cn(CC#N)c3ccccc23)cn1. The van der Waals surface area contributed by atoms with Crippen molar-refractivity contribution < 1.29 is 4.79 Å². The second-order valence-corrected chi connectivity index (χ2v) is 6.45. The summed E-state index contributed by atoms with van der Waals surface area (Å²) in [6, 6.07) is 9.99. The van der Waals surface area contributed by atoms with E-state index in [0.29, 0.717) is 5.56 Å². The lowest BCUT2D eigenvalue weighted by molar-refractivity contribution is 0.0737. The zero-order valence-corrected chi connectivity index (χ0v) is 14.1. The number of hydrogen-bond acceptors (Lipinski definition) is 3. The van der Waals surface area contributed by atoms with Gasteiger partial charge < -0.3 is 9.47 Å². The fraction of sp³-hybridized carbons (Fsp3) is 0.316. The maximum absolute atomic E-state index is 13.3. The fourth-order valence-electron chi connectivity index (χ4n) is 3.75. The van der Waals surface area contributed by atoms with Gasteiger partial charge in [-0.25, -0.2) is 0 Å². The maximum Gasteiger partial charge on any atom is 0.256 e. The van der Waals surface area contributed by atoms with Crippen LogP contribution in [-0.4, -0.2) is 31.7 Å². The number of carbonyl (C=O) groups is 1.